The van der Waals surface area contributed by atoms with Crippen molar-refractivity contribution in [2.24, 2.45) is 0 Å². The molecule has 0 saturated carbocycles. The smallest absolute Gasteiger partial charge is 0.258 e. The van der Waals surface area contributed by atoms with Crippen LogP contribution < -0.4 is 0 Å². The number of nitro groups is 1. The average molecular weight is 194 g/mol. The van der Waals surface area contributed by atoms with Crippen molar-refractivity contribution in [1.82, 2.24) is 0 Å². The zero-order valence-corrected chi connectivity index (χ0v) is 7.93. The first kappa shape index (κ1) is 9.80. The van der Waals surface area contributed by atoms with Gasteiger partial charge in [0.25, 0.3) is 5.69 Å². The lowest BCUT2D eigenvalue weighted by Gasteiger charge is -2.00. The summed E-state index contributed by atoms with van der Waals surface area (Å²) in [4.78, 5) is 10.9. The molecule has 0 fully saturated rings. The first-order valence-corrected chi connectivity index (χ1v) is 4.77. The minimum Gasteiger partial charge on any atom is -0.258 e. The van der Waals surface area contributed by atoms with Gasteiger partial charge in [0.15, 0.2) is 0 Å². The molecule has 3 nitrogen and oxygen atoms in total. The number of benzene rings is 1. The number of non-ortho nitro benzene ring substituents is 1. The monoisotopic (exact) mass is 194 g/mol. The maximum atomic E-state index is 10.4. The van der Waals surface area contributed by atoms with Crippen LogP contribution in [0.2, 0.25) is 0 Å². The van der Waals surface area contributed by atoms with Crippen molar-refractivity contribution in [3.05, 3.63) is 46.5 Å². The van der Waals surface area contributed by atoms with E-state index in [0.29, 0.717) is 5.56 Å². The lowest BCUT2D eigenvalue weighted by atomic mass is 10.2. The average Bonchev–Trinajstić information content (AvgIpc) is 2.16. The molecule has 0 aliphatic carbocycles. The van der Waals surface area contributed by atoms with Gasteiger partial charge in [-0.1, -0.05) is 6.58 Å². The number of nitrogens with zero attached hydrogens (tertiary/aromatic N) is 1. The minimum atomic E-state index is -0.426. The maximum Gasteiger partial charge on any atom is 0.270 e. The van der Waals surface area contributed by atoms with Gasteiger partial charge in [-0.25, -0.2) is 0 Å². The van der Waals surface area contributed by atoms with E-state index in [0.717, 1.165) is 4.90 Å². The Labute approximate surface area is 80.6 Å². The molecule has 0 saturated heterocycles. The highest BCUT2D eigenvalue weighted by Gasteiger charge is 2.07. The Morgan fingerprint density at radius 2 is 2.31 bits per heavy atom. The van der Waals surface area contributed by atoms with Crippen LogP contribution in [0.15, 0.2) is 29.7 Å². The van der Waals surface area contributed by atoms with E-state index >= 15 is 0 Å². The number of rotatable bonds is 3. The normalized spacial score (nSPS) is 9.62. The molecule has 1 aromatic rings. The molecular formula is C9H8NO2S. The van der Waals surface area contributed by atoms with Crippen LogP contribution in [0.3, 0.4) is 0 Å². The molecule has 1 aromatic carbocycles. The first-order chi connectivity index (χ1) is 6.19. The van der Waals surface area contributed by atoms with E-state index in [1.807, 2.05) is 6.26 Å². The summed E-state index contributed by atoms with van der Waals surface area (Å²) < 4.78 is 0. The highest BCUT2D eigenvalue weighted by molar-refractivity contribution is 7.98. The summed E-state index contributed by atoms with van der Waals surface area (Å²) in [6.45, 7) is 3.48. The van der Waals surface area contributed by atoms with Crippen molar-refractivity contribution < 1.29 is 4.92 Å². The topological polar surface area (TPSA) is 43.1 Å². The molecule has 67 valence electrons. The minimum absolute atomic E-state index is 0.0731. The zero-order valence-electron chi connectivity index (χ0n) is 7.11. The van der Waals surface area contributed by atoms with Crippen LogP contribution in [-0.4, -0.2) is 11.2 Å². The van der Waals surface area contributed by atoms with Crippen molar-refractivity contribution in [3.8, 4) is 0 Å². The summed E-state index contributed by atoms with van der Waals surface area (Å²) in [5.41, 5.74) is 0.755. The number of nitro benzene ring substituents is 1. The van der Waals surface area contributed by atoms with Gasteiger partial charge in [0.1, 0.15) is 0 Å². The second-order valence-corrected chi connectivity index (χ2v) is 3.17. The second kappa shape index (κ2) is 4.09. The van der Waals surface area contributed by atoms with Crippen molar-refractivity contribution in [2.75, 3.05) is 6.26 Å². The summed E-state index contributed by atoms with van der Waals surface area (Å²) in [7, 11) is 0. The van der Waals surface area contributed by atoms with Gasteiger partial charge in [-0.15, -0.1) is 11.8 Å². The Hall–Kier alpha value is -1.29. The van der Waals surface area contributed by atoms with E-state index in [2.05, 4.69) is 12.7 Å². The van der Waals surface area contributed by atoms with Crippen LogP contribution in [-0.2, 0) is 0 Å². The molecule has 1 rings (SSSR count). The predicted octanol–water partition coefficient (Wildman–Crippen LogP) is 2.65. The molecule has 1 radical (unpaired) electrons. The molecular weight excluding hydrogens is 186 g/mol. The third-order valence-corrected chi connectivity index (χ3v) is 2.38. The van der Waals surface area contributed by atoms with Gasteiger partial charge in [-0.05, 0) is 18.4 Å². The molecule has 0 heterocycles. The van der Waals surface area contributed by atoms with E-state index in [1.54, 1.807) is 6.07 Å². The Bertz CT molecular complexity index is 349. The Morgan fingerprint density at radius 3 is 2.77 bits per heavy atom. The molecule has 0 amide bonds. The van der Waals surface area contributed by atoms with Crippen LogP contribution >= 0.6 is 11.8 Å². The standard InChI is InChI=1S/C9H8NO2S/c1-3-7-6-8(10(11)12)4-5-9(7)13-2/h4-6H,1H2,2H3. The molecule has 4 heteroatoms. The summed E-state index contributed by atoms with van der Waals surface area (Å²) in [6.07, 6.45) is 4.57. The van der Waals surface area contributed by atoms with E-state index in [4.69, 9.17) is 0 Å². The number of hydrogen-bond donors (Lipinski definition) is 0. The van der Waals surface area contributed by atoms with Crippen LogP contribution in [0.25, 0.3) is 0 Å². The van der Waals surface area contributed by atoms with E-state index in [-0.39, 0.29) is 5.69 Å². The lowest BCUT2D eigenvalue weighted by Crippen LogP contribution is -1.89. The van der Waals surface area contributed by atoms with Crippen molar-refractivity contribution in [3.63, 3.8) is 0 Å². The summed E-state index contributed by atoms with van der Waals surface area (Å²) in [5.74, 6) is 0. The van der Waals surface area contributed by atoms with Gasteiger partial charge in [0.05, 0.1) is 4.92 Å². The predicted molar refractivity (Wildman–Crippen MR) is 52.8 cm³/mol. The first-order valence-electron chi connectivity index (χ1n) is 3.54. The molecule has 0 atom stereocenters. The summed E-state index contributed by atoms with van der Waals surface area (Å²) in [5, 5.41) is 10.4. The van der Waals surface area contributed by atoms with Crippen molar-refractivity contribution >= 4 is 17.4 Å². The van der Waals surface area contributed by atoms with Gasteiger partial charge in [0, 0.05) is 22.6 Å². The van der Waals surface area contributed by atoms with Crippen LogP contribution in [0.4, 0.5) is 5.69 Å². The summed E-state index contributed by atoms with van der Waals surface area (Å²) in [6, 6.07) is 4.65. The zero-order chi connectivity index (χ0) is 9.84. The Morgan fingerprint density at radius 1 is 1.62 bits per heavy atom. The number of thioether (sulfide) groups is 1. The molecule has 0 unspecified atom stereocenters. The van der Waals surface area contributed by atoms with Gasteiger partial charge in [-0.2, -0.15) is 0 Å². The Balaban J connectivity index is 3.20. The molecule has 0 aliphatic heterocycles. The highest BCUT2D eigenvalue weighted by Crippen LogP contribution is 2.24. The highest BCUT2D eigenvalue weighted by atomic mass is 32.2. The quantitative estimate of drug-likeness (QED) is 0.422. The molecule has 0 aliphatic rings. The fourth-order valence-corrected chi connectivity index (χ4v) is 1.50. The van der Waals surface area contributed by atoms with Crippen LogP contribution in [0, 0.1) is 16.2 Å². The van der Waals surface area contributed by atoms with Crippen molar-refractivity contribution in [2.45, 2.75) is 4.90 Å². The van der Waals surface area contributed by atoms with Crippen molar-refractivity contribution in [1.29, 1.82) is 0 Å². The second-order valence-electron chi connectivity index (χ2n) is 2.32. The van der Waals surface area contributed by atoms with Crippen LogP contribution in [0.1, 0.15) is 5.56 Å². The fourth-order valence-electron chi connectivity index (χ4n) is 0.948. The Kier molecular flexibility index (Phi) is 3.08. The number of hydrogen-bond acceptors (Lipinski definition) is 3. The molecule has 0 N–H and O–H groups in total. The van der Waals surface area contributed by atoms with Gasteiger partial charge >= 0.3 is 0 Å². The van der Waals surface area contributed by atoms with Gasteiger partial charge in [0.2, 0.25) is 0 Å². The molecule has 13 heavy (non-hydrogen) atoms. The third kappa shape index (κ3) is 2.09. The van der Waals surface area contributed by atoms with E-state index in [1.165, 1.54) is 23.9 Å². The lowest BCUT2D eigenvalue weighted by molar-refractivity contribution is -0.384. The fraction of sp³-hybridized carbons (Fsp3) is 0.111. The third-order valence-electron chi connectivity index (χ3n) is 1.58. The largest absolute Gasteiger partial charge is 0.270 e. The van der Waals surface area contributed by atoms with Gasteiger partial charge in [-0.3, -0.25) is 10.1 Å². The van der Waals surface area contributed by atoms with Crippen LogP contribution in [0.5, 0.6) is 0 Å². The molecule has 0 spiro atoms. The molecule has 0 aromatic heterocycles. The SMILES string of the molecule is C=[C]c1cc([N+](=O)[O-])ccc1SC. The molecule has 0 bridgehead atoms. The van der Waals surface area contributed by atoms with Gasteiger partial charge < -0.3 is 0 Å². The van der Waals surface area contributed by atoms with E-state index < -0.39 is 4.92 Å². The summed E-state index contributed by atoms with van der Waals surface area (Å²) >= 11 is 1.52. The maximum absolute atomic E-state index is 10.4. The van der Waals surface area contributed by atoms with E-state index in [9.17, 15) is 10.1 Å².